The molecule has 1 aliphatic carbocycles. The summed E-state index contributed by atoms with van der Waals surface area (Å²) in [6, 6.07) is 0. The largest absolute Gasteiger partial charge is 0.376 e. The molecular formula is C13H29NO. The van der Waals surface area contributed by atoms with Gasteiger partial charge in [0, 0.05) is 18.7 Å². The van der Waals surface area contributed by atoms with E-state index in [-0.39, 0.29) is 7.43 Å². The molecule has 1 saturated heterocycles. The van der Waals surface area contributed by atoms with E-state index in [1.165, 1.54) is 32.2 Å². The third-order valence-corrected chi connectivity index (χ3v) is 3.67. The molecular weight excluding hydrogens is 186 g/mol. The summed E-state index contributed by atoms with van der Waals surface area (Å²) in [5.41, 5.74) is 0.344. The highest BCUT2D eigenvalue weighted by atomic mass is 16.5. The van der Waals surface area contributed by atoms with Gasteiger partial charge in [0.05, 0.1) is 6.10 Å². The van der Waals surface area contributed by atoms with Gasteiger partial charge in [-0.1, -0.05) is 21.3 Å². The van der Waals surface area contributed by atoms with E-state index in [2.05, 4.69) is 18.9 Å². The van der Waals surface area contributed by atoms with Crippen LogP contribution in [-0.2, 0) is 4.74 Å². The van der Waals surface area contributed by atoms with Crippen LogP contribution in [-0.4, -0.2) is 36.7 Å². The zero-order chi connectivity index (χ0) is 10.6. The standard InChI is InChI=1S/C10H19NO.C2H6.CH4/c1-10-6-3-5-9(10)12-8-4-7-11(10)2;1-2;/h9H,3-8H2,1-2H3;1-2H3;1H4/t9-,10-;;/m0../s1. The van der Waals surface area contributed by atoms with Gasteiger partial charge in [-0.25, -0.2) is 0 Å². The lowest BCUT2D eigenvalue weighted by atomic mass is 9.96. The van der Waals surface area contributed by atoms with Crippen molar-refractivity contribution in [3.05, 3.63) is 0 Å². The van der Waals surface area contributed by atoms with Gasteiger partial charge in [-0.05, 0) is 39.7 Å². The molecule has 1 heterocycles. The molecule has 0 unspecified atom stereocenters. The van der Waals surface area contributed by atoms with Crippen molar-refractivity contribution in [2.45, 2.75) is 65.5 Å². The maximum absolute atomic E-state index is 5.86. The Bertz CT molecular complexity index is 172. The van der Waals surface area contributed by atoms with Gasteiger partial charge in [0.15, 0.2) is 0 Å². The lowest BCUT2D eigenvalue weighted by Gasteiger charge is -2.37. The fourth-order valence-corrected chi connectivity index (χ4v) is 2.60. The molecule has 2 rings (SSSR count). The number of hydrogen-bond donors (Lipinski definition) is 0. The highest BCUT2D eigenvalue weighted by molar-refractivity contribution is 4.98. The molecule has 2 heteroatoms. The Hall–Kier alpha value is -0.0800. The van der Waals surface area contributed by atoms with Crippen molar-refractivity contribution in [2.75, 3.05) is 20.2 Å². The maximum Gasteiger partial charge on any atom is 0.0755 e. The summed E-state index contributed by atoms with van der Waals surface area (Å²) in [4.78, 5) is 2.50. The Kier molecular flexibility index (Phi) is 6.46. The number of ether oxygens (including phenoxy) is 1. The summed E-state index contributed by atoms with van der Waals surface area (Å²) in [7, 11) is 2.24. The van der Waals surface area contributed by atoms with Crippen molar-refractivity contribution in [2.24, 2.45) is 0 Å². The molecule has 2 aliphatic rings. The van der Waals surface area contributed by atoms with E-state index < -0.39 is 0 Å². The number of likely N-dealkylation sites (N-methyl/N-ethyl adjacent to an activating group) is 1. The Morgan fingerprint density at radius 2 is 1.93 bits per heavy atom. The van der Waals surface area contributed by atoms with Crippen LogP contribution in [0.5, 0.6) is 0 Å². The van der Waals surface area contributed by atoms with Crippen LogP contribution in [0.4, 0.5) is 0 Å². The Morgan fingerprint density at radius 3 is 2.60 bits per heavy atom. The molecule has 1 aliphatic heterocycles. The molecule has 0 bridgehead atoms. The van der Waals surface area contributed by atoms with Gasteiger partial charge in [0.2, 0.25) is 0 Å². The van der Waals surface area contributed by atoms with Gasteiger partial charge < -0.3 is 4.74 Å². The summed E-state index contributed by atoms with van der Waals surface area (Å²) in [6.07, 6.45) is 5.62. The molecule has 0 N–H and O–H groups in total. The normalized spacial score (nSPS) is 35.6. The third-order valence-electron chi connectivity index (χ3n) is 3.67. The molecule has 0 radical (unpaired) electrons. The second kappa shape index (κ2) is 6.49. The number of hydrogen-bond acceptors (Lipinski definition) is 2. The summed E-state index contributed by atoms with van der Waals surface area (Å²) < 4.78 is 5.86. The Morgan fingerprint density at radius 1 is 1.27 bits per heavy atom. The SMILES string of the molecule is C.CC.CN1CCCO[C@H]2CCC[C@@]21C. The topological polar surface area (TPSA) is 12.5 Å². The van der Waals surface area contributed by atoms with Crippen molar-refractivity contribution in [3.63, 3.8) is 0 Å². The first kappa shape index (κ1) is 14.9. The summed E-state index contributed by atoms with van der Waals surface area (Å²) >= 11 is 0. The van der Waals surface area contributed by atoms with E-state index in [9.17, 15) is 0 Å². The van der Waals surface area contributed by atoms with E-state index >= 15 is 0 Å². The number of fused-ring (bicyclic) bond motifs is 1. The Balaban J connectivity index is 0.000000617. The first-order valence-corrected chi connectivity index (χ1v) is 6.06. The van der Waals surface area contributed by atoms with Crippen LogP contribution in [0.1, 0.15) is 53.9 Å². The number of nitrogens with zero attached hydrogens (tertiary/aromatic N) is 1. The minimum atomic E-state index is 0. The molecule has 2 atom stereocenters. The van der Waals surface area contributed by atoms with Crippen LogP contribution in [0.3, 0.4) is 0 Å². The van der Waals surface area contributed by atoms with Crippen molar-refractivity contribution in [1.82, 2.24) is 4.90 Å². The highest BCUT2D eigenvalue weighted by Crippen LogP contribution is 2.37. The van der Waals surface area contributed by atoms with E-state index in [1.54, 1.807) is 0 Å². The van der Waals surface area contributed by atoms with Crippen LogP contribution < -0.4 is 0 Å². The van der Waals surface area contributed by atoms with Crippen molar-refractivity contribution in [1.29, 1.82) is 0 Å². The highest BCUT2D eigenvalue weighted by Gasteiger charge is 2.43. The zero-order valence-corrected chi connectivity index (χ0v) is 10.2. The summed E-state index contributed by atoms with van der Waals surface area (Å²) in [5, 5.41) is 0. The summed E-state index contributed by atoms with van der Waals surface area (Å²) in [5.74, 6) is 0. The molecule has 0 amide bonds. The Labute approximate surface area is 96.0 Å². The smallest absolute Gasteiger partial charge is 0.0755 e. The second-order valence-corrected chi connectivity index (χ2v) is 4.38. The average molecular weight is 215 g/mol. The van der Waals surface area contributed by atoms with E-state index in [1.807, 2.05) is 13.8 Å². The van der Waals surface area contributed by atoms with Crippen LogP contribution in [0.15, 0.2) is 0 Å². The molecule has 2 fully saturated rings. The minimum Gasteiger partial charge on any atom is -0.376 e. The van der Waals surface area contributed by atoms with Gasteiger partial charge >= 0.3 is 0 Å². The van der Waals surface area contributed by atoms with Gasteiger partial charge in [0.1, 0.15) is 0 Å². The van der Waals surface area contributed by atoms with E-state index in [4.69, 9.17) is 4.74 Å². The fourth-order valence-electron chi connectivity index (χ4n) is 2.60. The second-order valence-electron chi connectivity index (χ2n) is 4.38. The molecule has 0 spiro atoms. The molecule has 0 aromatic heterocycles. The molecule has 92 valence electrons. The average Bonchev–Trinajstić information content (AvgIpc) is 2.53. The van der Waals surface area contributed by atoms with Crippen LogP contribution in [0, 0.1) is 0 Å². The lowest BCUT2D eigenvalue weighted by molar-refractivity contribution is -0.00791. The molecule has 0 aromatic rings. The van der Waals surface area contributed by atoms with Gasteiger partial charge in [0.25, 0.3) is 0 Å². The van der Waals surface area contributed by atoms with Gasteiger partial charge in [-0.15, -0.1) is 0 Å². The first-order chi connectivity index (χ1) is 6.73. The van der Waals surface area contributed by atoms with Crippen molar-refractivity contribution < 1.29 is 4.74 Å². The third kappa shape index (κ3) is 2.94. The fraction of sp³-hybridized carbons (Fsp3) is 1.00. The summed E-state index contributed by atoms with van der Waals surface area (Å²) in [6.45, 7) is 8.52. The first-order valence-electron chi connectivity index (χ1n) is 6.06. The predicted octanol–water partition coefficient (Wildman–Crippen LogP) is 3.31. The maximum atomic E-state index is 5.86. The van der Waals surface area contributed by atoms with Crippen LogP contribution in [0.25, 0.3) is 0 Å². The zero-order valence-electron chi connectivity index (χ0n) is 10.2. The lowest BCUT2D eigenvalue weighted by Crippen LogP contribution is -2.48. The van der Waals surface area contributed by atoms with Crippen molar-refractivity contribution >= 4 is 0 Å². The molecule has 1 saturated carbocycles. The van der Waals surface area contributed by atoms with Crippen molar-refractivity contribution in [3.8, 4) is 0 Å². The van der Waals surface area contributed by atoms with E-state index in [0.29, 0.717) is 11.6 Å². The van der Waals surface area contributed by atoms with Gasteiger partial charge in [-0.2, -0.15) is 0 Å². The predicted molar refractivity (Wildman–Crippen MR) is 67.3 cm³/mol. The van der Waals surface area contributed by atoms with E-state index in [0.717, 1.165) is 6.61 Å². The minimum absolute atomic E-state index is 0. The number of rotatable bonds is 0. The van der Waals surface area contributed by atoms with Gasteiger partial charge in [-0.3, -0.25) is 4.90 Å². The monoisotopic (exact) mass is 215 g/mol. The molecule has 15 heavy (non-hydrogen) atoms. The van der Waals surface area contributed by atoms with Crippen LogP contribution >= 0.6 is 0 Å². The molecule has 0 aromatic carbocycles. The van der Waals surface area contributed by atoms with Crippen LogP contribution in [0.2, 0.25) is 0 Å². The molecule has 2 nitrogen and oxygen atoms in total. The quantitative estimate of drug-likeness (QED) is 0.614.